The highest BCUT2D eigenvalue weighted by Crippen LogP contribution is 2.30. The summed E-state index contributed by atoms with van der Waals surface area (Å²) in [4.78, 5) is 25.2. The molecule has 0 unspecified atom stereocenters. The number of hydrogen-bond donors (Lipinski definition) is 0. The average Bonchev–Trinajstić information content (AvgIpc) is 3.14. The van der Waals surface area contributed by atoms with Crippen LogP contribution in [0.5, 0.6) is 11.5 Å². The Morgan fingerprint density at radius 1 is 0.970 bits per heavy atom. The molecule has 0 fully saturated rings. The lowest BCUT2D eigenvalue weighted by molar-refractivity contribution is 0.0734. The predicted molar refractivity (Wildman–Crippen MR) is 131 cm³/mol. The minimum Gasteiger partial charge on any atom is -0.494 e. The highest BCUT2D eigenvalue weighted by atomic mass is 79.9. The second kappa shape index (κ2) is 9.88. The largest absolute Gasteiger partial charge is 0.494 e. The molecule has 0 spiro atoms. The van der Waals surface area contributed by atoms with Gasteiger partial charge in [0.05, 0.1) is 6.61 Å². The lowest BCUT2D eigenvalue weighted by Crippen LogP contribution is -2.09. The van der Waals surface area contributed by atoms with E-state index < -0.39 is 5.97 Å². The molecule has 3 aromatic carbocycles. The molecule has 0 aliphatic carbocycles. The molecule has 33 heavy (non-hydrogen) atoms. The predicted octanol–water partition coefficient (Wildman–Crippen LogP) is 7.02. The number of hydrogen-bond acceptors (Lipinski definition) is 5. The van der Waals surface area contributed by atoms with Gasteiger partial charge in [-0.25, -0.2) is 4.79 Å². The van der Waals surface area contributed by atoms with Gasteiger partial charge in [-0.3, -0.25) is 4.79 Å². The number of ketones is 1. The molecule has 0 bridgehead atoms. The van der Waals surface area contributed by atoms with Gasteiger partial charge in [0.2, 0.25) is 0 Å². The van der Waals surface area contributed by atoms with Crippen molar-refractivity contribution in [1.29, 1.82) is 0 Å². The Balaban J connectivity index is 1.47. The van der Waals surface area contributed by atoms with Crippen LogP contribution < -0.4 is 9.47 Å². The molecular weight excluding hydrogens is 484 g/mol. The fourth-order valence-corrected chi connectivity index (χ4v) is 3.66. The van der Waals surface area contributed by atoms with E-state index in [0.29, 0.717) is 46.0 Å². The van der Waals surface area contributed by atoms with E-state index in [0.717, 1.165) is 10.0 Å². The van der Waals surface area contributed by atoms with Crippen molar-refractivity contribution in [3.05, 3.63) is 99.7 Å². The summed E-state index contributed by atoms with van der Waals surface area (Å²) in [5, 5.41) is 0.648. The van der Waals surface area contributed by atoms with Crippen LogP contribution in [-0.4, -0.2) is 18.4 Å². The van der Waals surface area contributed by atoms with Gasteiger partial charge in [-0.2, -0.15) is 0 Å². The van der Waals surface area contributed by atoms with Gasteiger partial charge >= 0.3 is 5.97 Å². The van der Waals surface area contributed by atoms with E-state index in [1.165, 1.54) is 6.08 Å². The molecule has 4 rings (SSSR count). The summed E-state index contributed by atoms with van der Waals surface area (Å²) in [6, 6.07) is 19.5. The van der Waals surface area contributed by atoms with Gasteiger partial charge in [-0.05, 0) is 80.1 Å². The number of esters is 1. The molecule has 1 aromatic heterocycles. The second-order valence-corrected chi connectivity index (χ2v) is 8.20. The first-order valence-electron chi connectivity index (χ1n) is 10.4. The van der Waals surface area contributed by atoms with E-state index >= 15 is 0 Å². The minimum atomic E-state index is -0.506. The normalized spacial score (nSPS) is 11.1. The highest BCUT2D eigenvalue weighted by Gasteiger charge is 2.21. The van der Waals surface area contributed by atoms with Crippen molar-refractivity contribution in [1.82, 2.24) is 0 Å². The molecule has 0 saturated carbocycles. The zero-order chi connectivity index (χ0) is 23.4. The van der Waals surface area contributed by atoms with Crippen LogP contribution in [0.2, 0.25) is 0 Å². The van der Waals surface area contributed by atoms with Gasteiger partial charge in [0.1, 0.15) is 28.4 Å². The van der Waals surface area contributed by atoms with Crippen molar-refractivity contribution in [3.63, 3.8) is 0 Å². The molecule has 0 atom stereocenters. The lowest BCUT2D eigenvalue weighted by Gasteiger charge is -2.05. The van der Waals surface area contributed by atoms with Crippen molar-refractivity contribution in [3.8, 4) is 11.5 Å². The summed E-state index contributed by atoms with van der Waals surface area (Å²) in [5.74, 6) is 0.940. The summed E-state index contributed by atoms with van der Waals surface area (Å²) < 4.78 is 17.7. The zero-order valence-corrected chi connectivity index (χ0v) is 19.7. The van der Waals surface area contributed by atoms with Crippen molar-refractivity contribution in [2.24, 2.45) is 0 Å². The summed E-state index contributed by atoms with van der Waals surface area (Å²) in [7, 11) is 0. The topological polar surface area (TPSA) is 65.7 Å². The average molecular weight is 505 g/mol. The lowest BCUT2D eigenvalue weighted by atomic mass is 10.1. The Morgan fingerprint density at radius 2 is 1.67 bits per heavy atom. The third kappa shape index (κ3) is 5.23. The first-order chi connectivity index (χ1) is 15.9. The van der Waals surface area contributed by atoms with Gasteiger partial charge in [-0.15, -0.1) is 0 Å². The number of ether oxygens (including phenoxy) is 2. The molecule has 0 N–H and O–H groups in total. The third-order valence-electron chi connectivity index (χ3n) is 5.00. The number of allylic oxidation sites excluding steroid dienone is 1. The summed E-state index contributed by atoms with van der Waals surface area (Å²) in [6.07, 6.45) is 3.24. The maximum atomic E-state index is 12.9. The smallest absolute Gasteiger partial charge is 0.347 e. The van der Waals surface area contributed by atoms with E-state index in [9.17, 15) is 9.59 Å². The number of aryl methyl sites for hydroxylation is 1. The van der Waals surface area contributed by atoms with Gasteiger partial charge in [-0.1, -0.05) is 34.1 Å². The molecule has 0 amide bonds. The molecule has 5 nitrogen and oxygen atoms in total. The minimum absolute atomic E-state index is 0.0910. The van der Waals surface area contributed by atoms with Crippen LogP contribution >= 0.6 is 15.9 Å². The van der Waals surface area contributed by atoms with Gasteiger partial charge in [0, 0.05) is 15.4 Å². The summed E-state index contributed by atoms with van der Waals surface area (Å²) >= 11 is 3.36. The molecule has 6 heteroatoms. The Morgan fingerprint density at radius 3 is 2.36 bits per heavy atom. The number of benzene rings is 3. The van der Waals surface area contributed by atoms with Gasteiger partial charge < -0.3 is 13.9 Å². The van der Waals surface area contributed by atoms with Crippen LogP contribution in [0.25, 0.3) is 17.0 Å². The van der Waals surface area contributed by atoms with Crippen molar-refractivity contribution in [2.45, 2.75) is 13.8 Å². The monoisotopic (exact) mass is 504 g/mol. The van der Waals surface area contributed by atoms with Crippen molar-refractivity contribution in [2.75, 3.05) is 6.61 Å². The molecule has 166 valence electrons. The van der Waals surface area contributed by atoms with E-state index in [2.05, 4.69) is 15.9 Å². The standard InChI is InChI=1S/C27H21BrO5/c1-3-31-22-13-15-25-23(16-22)26(17(2)32-25)27(30)33-21-11-4-18(5-12-21)6-14-24(29)19-7-9-20(28)10-8-19/h4-16H,3H2,1-2H3. The van der Waals surface area contributed by atoms with E-state index in [4.69, 9.17) is 13.9 Å². The van der Waals surface area contributed by atoms with Crippen LogP contribution in [-0.2, 0) is 0 Å². The van der Waals surface area contributed by atoms with E-state index in [1.807, 2.05) is 19.1 Å². The summed E-state index contributed by atoms with van der Waals surface area (Å²) in [5.41, 5.74) is 2.39. The Labute approximate surface area is 199 Å². The maximum Gasteiger partial charge on any atom is 0.347 e. The van der Waals surface area contributed by atoms with Crippen molar-refractivity contribution < 1.29 is 23.5 Å². The first kappa shape index (κ1) is 22.6. The quantitative estimate of drug-likeness (QED) is 0.117. The fraction of sp³-hybridized carbons (Fsp3) is 0.111. The van der Waals surface area contributed by atoms with Crippen LogP contribution in [0.15, 0.2) is 81.7 Å². The number of carbonyl (C=O) groups is 2. The summed E-state index contributed by atoms with van der Waals surface area (Å²) in [6.45, 7) is 4.15. The molecule has 0 radical (unpaired) electrons. The van der Waals surface area contributed by atoms with Gasteiger partial charge in [0.25, 0.3) is 0 Å². The van der Waals surface area contributed by atoms with Crippen LogP contribution in [0.3, 0.4) is 0 Å². The SMILES string of the molecule is CCOc1ccc2oc(C)c(C(=O)Oc3ccc(C=CC(=O)c4ccc(Br)cc4)cc3)c2c1. The number of carbonyl (C=O) groups excluding carboxylic acids is 2. The number of rotatable bonds is 7. The van der Waals surface area contributed by atoms with Crippen LogP contribution in [0.1, 0.15) is 39.0 Å². The second-order valence-electron chi connectivity index (χ2n) is 7.29. The van der Waals surface area contributed by atoms with Crippen LogP contribution in [0, 0.1) is 6.92 Å². The van der Waals surface area contributed by atoms with Crippen LogP contribution in [0.4, 0.5) is 0 Å². The number of fused-ring (bicyclic) bond motifs is 1. The fourth-order valence-electron chi connectivity index (χ4n) is 3.40. The molecule has 0 saturated heterocycles. The molecule has 4 aromatic rings. The highest BCUT2D eigenvalue weighted by molar-refractivity contribution is 9.10. The molecule has 0 aliphatic rings. The number of furan rings is 1. The van der Waals surface area contributed by atoms with Gasteiger partial charge in [0.15, 0.2) is 5.78 Å². The Bertz CT molecular complexity index is 1330. The van der Waals surface area contributed by atoms with E-state index in [1.54, 1.807) is 67.6 Å². The Kier molecular flexibility index (Phi) is 6.75. The molecular formula is C27H21BrO5. The number of halogens is 1. The Hall–Kier alpha value is -3.64. The molecule has 0 aliphatic heterocycles. The first-order valence-corrected chi connectivity index (χ1v) is 11.2. The zero-order valence-electron chi connectivity index (χ0n) is 18.1. The molecule has 1 heterocycles. The van der Waals surface area contributed by atoms with Crippen molar-refractivity contribution >= 4 is 44.7 Å². The maximum absolute atomic E-state index is 12.9. The van der Waals surface area contributed by atoms with E-state index in [-0.39, 0.29) is 5.78 Å². The third-order valence-corrected chi connectivity index (χ3v) is 5.53.